The molecule has 1 heterocycles. The molecule has 0 atom stereocenters. The molecule has 1 aliphatic rings. The molecule has 16 heavy (non-hydrogen) atoms. The van der Waals surface area contributed by atoms with Gasteiger partial charge >= 0.3 is 0 Å². The second kappa shape index (κ2) is 11.5. The maximum absolute atomic E-state index is 5.54. The van der Waals surface area contributed by atoms with Crippen LogP contribution >= 0.6 is 34.8 Å². The zero-order valence-electron chi connectivity index (χ0n) is 9.04. The van der Waals surface area contributed by atoms with Crippen LogP contribution in [0.15, 0.2) is 30.3 Å². The lowest BCUT2D eigenvalue weighted by Gasteiger charge is -1.99. The molecule has 92 valence electrons. The molecule has 0 N–H and O–H groups in total. The van der Waals surface area contributed by atoms with E-state index in [2.05, 4.69) is 11.6 Å². The van der Waals surface area contributed by atoms with Gasteiger partial charge in [0.1, 0.15) is 0 Å². The van der Waals surface area contributed by atoms with E-state index in [1.165, 1.54) is 6.38 Å². The van der Waals surface area contributed by atoms with Gasteiger partial charge in [-0.05, 0) is 12.1 Å². The Morgan fingerprint density at radius 1 is 1.12 bits per heavy atom. The summed E-state index contributed by atoms with van der Waals surface area (Å²) in [5.41, 5.74) is 0. The molecule has 0 amide bonds. The van der Waals surface area contributed by atoms with Crippen molar-refractivity contribution in [2.45, 2.75) is 6.29 Å². The van der Waals surface area contributed by atoms with Gasteiger partial charge in [0.05, 0.1) is 19.1 Å². The van der Waals surface area contributed by atoms with E-state index >= 15 is 0 Å². The Balaban J connectivity index is 0.000000244. The van der Waals surface area contributed by atoms with Crippen molar-refractivity contribution in [2.24, 2.45) is 0 Å². The van der Waals surface area contributed by atoms with Crippen LogP contribution in [0.25, 0.3) is 0 Å². The van der Waals surface area contributed by atoms with Gasteiger partial charge in [0.2, 0.25) is 0 Å². The minimum Gasteiger partial charge on any atom is -0.349 e. The summed E-state index contributed by atoms with van der Waals surface area (Å²) < 4.78 is 9.90. The number of rotatable bonds is 1. The second-order valence-electron chi connectivity index (χ2n) is 2.62. The van der Waals surface area contributed by atoms with E-state index in [9.17, 15) is 0 Å². The molecule has 1 aliphatic heterocycles. The Morgan fingerprint density at radius 2 is 1.62 bits per heavy atom. The molecular weight excluding hydrogens is 270 g/mol. The first-order chi connectivity index (χ1) is 7.83. The first-order valence-electron chi connectivity index (χ1n) is 4.70. The van der Waals surface area contributed by atoms with Gasteiger partial charge in [0.25, 0.3) is 0 Å². The molecule has 5 heteroatoms. The second-order valence-corrected chi connectivity index (χ2v) is 3.37. The molecule has 0 saturated carbocycles. The fourth-order valence-electron chi connectivity index (χ4n) is 0.911. The summed E-state index contributed by atoms with van der Waals surface area (Å²) in [6, 6.07) is 9.44. The van der Waals surface area contributed by atoms with Crippen molar-refractivity contribution in [3.8, 4) is 0 Å². The van der Waals surface area contributed by atoms with E-state index in [0.717, 1.165) is 5.02 Å². The molecule has 0 spiro atoms. The number of ether oxygens (including phenoxy) is 2. The molecular formula is C11H15Cl3O2. The summed E-state index contributed by atoms with van der Waals surface area (Å²) in [7, 11) is 0. The first-order valence-corrected chi connectivity index (χ1v) is 6.37. The predicted molar refractivity (Wildman–Crippen MR) is 69.6 cm³/mol. The topological polar surface area (TPSA) is 18.5 Å². The van der Waals surface area contributed by atoms with Gasteiger partial charge in [0.15, 0.2) is 6.29 Å². The summed E-state index contributed by atoms with van der Waals surface area (Å²) in [6.07, 6.45) is 1.33. The highest BCUT2D eigenvalue weighted by Crippen LogP contribution is 2.04. The molecule has 1 fully saturated rings. The lowest BCUT2D eigenvalue weighted by Crippen LogP contribution is -2.07. The average Bonchev–Trinajstić information content (AvgIpc) is 2.86. The quantitative estimate of drug-likeness (QED) is 0.731. The minimum absolute atomic E-state index is 0.137. The van der Waals surface area contributed by atoms with Crippen LogP contribution < -0.4 is 0 Å². The van der Waals surface area contributed by atoms with E-state index in [-0.39, 0.29) is 6.29 Å². The normalized spacial score (nSPS) is 14.5. The monoisotopic (exact) mass is 284 g/mol. The summed E-state index contributed by atoms with van der Waals surface area (Å²) >= 11 is 15.5. The van der Waals surface area contributed by atoms with Crippen LogP contribution in [0.5, 0.6) is 0 Å². The van der Waals surface area contributed by atoms with E-state index in [1.807, 2.05) is 30.3 Å². The molecule has 0 aromatic heterocycles. The smallest absolute Gasteiger partial charge is 0.171 e. The Labute approximate surface area is 111 Å². The largest absolute Gasteiger partial charge is 0.349 e. The Bertz CT molecular complexity index is 238. The van der Waals surface area contributed by atoms with E-state index < -0.39 is 0 Å². The van der Waals surface area contributed by atoms with Crippen LogP contribution in [-0.2, 0) is 9.47 Å². The third-order valence-electron chi connectivity index (χ3n) is 1.55. The summed E-state index contributed by atoms with van der Waals surface area (Å²) in [5.74, 6) is 0.444. The van der Waals surface area contributed by atoms with Crippen LogP contribution in [0.1, 0.15) is 0 Å². The predicted octanol–water partition coefficient (Wildman–Crippen LogP) is 3.79. The lowest BCUT2D eigenvalue weighted by atomic mass is 10.4. The highest BCUT2D eigenvalue weighted by molar-refractivity contribution is 6.30. The number of halogens is 3. The van der Waals surface area contributed by atoms with Gasteiger partial charge in [-0.25, -0.2) is 0 Å². The van der Waals surface area contributed by atoms with E-state index in [4.69, 9.17) is 32.7 Å². The number of benzene rings is 1. The molecule has 2 nitrogen and oxygen atoms in total. The highest BCUT2D eigenvalue weighted by atomic mass is 35.5. The third-order valence-corrected chi connectivity index (χ3v) is 2.05. The van der Waals surface area contributed by atoms with Crippen molar-refractivity contribution in [3.05, 3.63) is 35.4 Å². The Kier molecular flexibility index (Phi) is 11.5. The summed E-state index contributed by atoms with van der Waals surface area (Å²) in [5, 5.41) is 0.794. The Hall–Kier alpha value is 0.01000. The van der Waals surface area contributed by atoms with Crippen LogP contribution in [0.2, 0.25) is 5.02 Å². The van der Waals surface area contributed by atoms with E-state index in [0.29, 0.717) is 19.1 Å². The molecule has 0 radical (unpaired) electrons. The summed E-state index contributed by atoms with van der Waals surface area (Å²) in [4.78, 5) is 0. The van der Waals surface area contributed by atoms with Crippen LogP contribution in [0.4, 0.5) is 0 Å². The fourth-order valence-corrected chi connectivity index (χ4v) is 1.23. The molecule has 2 rings (SSSR count). The zero-order chi connectivity index (χ0) is 12.2. The first kappa shape index (κ1) is 16.0. The van der Waals surface area contributed by atoms with Crippen molar-refractivity contribution in [1.29, 1.82) is 0 Å². The van der Waals surface area contributed by atoms with Gasteiger partial charge in [-0.2, -0.15) is 0 Å². The number of alkyl halides is 2. The van der Waals surface area contributed by atoms with E-state index in [1.54, 1.807) is 0 Å². The van der Waals surface area contributed by atoms with Crippen molar-refractivity contribution in [3.63, 3.8) is 0 Å². The van der Waals surface area contributed by atoms with Crippen LogP contribution in [0, 0.1) is 0 Å². The van der Waals surface area contributed by atoms with Crippen molar-refractivity contribution < 1.29 is 9.47 Å². The maximum Gasteiger partial charge on any atom is 0.171 e. The van der Waals surface area contributed by atoms with Gasteiger partial charge in [-0.15, -0.1) is 23.2 Å². The summed E-state index contributed by atoms with van der Waals surface area (Å²) in [6.45, 7) is 1.38. The average molecular weight is 286 g/mol. The Morgan fingerprint density at radius 3 is 1.88 bits per heavy atom. The van der Waals surface area contributed by atoms with Crippen molar-refractivity contribution in [1.82, 2.24) is 0 Å². The number of hydrogen-bond acceptors (Lipinski definition) is 2. The van der Waals surface area contributed by atoms with Gasteiger partial charge in [-0.1, -0.05) is 29.8 Å². The molecule has 0 unspecified atom stereocenters. The molecule has 1 aromatic rings. The zero-order valence-corrected chi connectivity index (χ0v) is 11.3. The fraction of sp³-hybridized carbons (Fsp3) is 0.455. The molecule has 0 aliphatic carbocycles. The minimum atomic E-state index is -0.137. The lowest BCUT2D eigenvalue weighted by molar-refractivity contribution is -0.0225. The van der Waals surface area contributed by atoms with Gasteiger partial charge in [-0.3, -0.25) is 0 Å². The highest BCUT2D eigenvalue weighted by Gasteiger charge is 2.12. The van der Waals surface area contributed by atoms with Gasteiger partial charge < -0.3 is 9.47 Å². The molecule has 1 saturated heterocycles. The molecule has 1 aromatic carbocycles. The van der Waals surface area contributed by atoms with Crippen molar-refractivity contribution >= 4 is 34.8 Å². The third kappa shape index (κ3) is 8.20. The maximum atomic E-state index is 5.54. The number of hydrogen-bond donors (Lipinski definition) is 0. The molecule has 0 bridgehead atoms. The van der Waals surface area contributed by atoms with Crippen LogP contribution in [-0.4, -0.2) is 31.8 Å². The standard InChI is InChI=1S/C6H5Cl.C4H7ClO2.CH3Cl/c7-6-4-2-1-3-5-6;5-3-4-6-1-2-7-4;1-2/h1-5H;4H,1-3H2;1H3. The van der Waals surface area contributed by atoms with Gasteiger partial charge in [0, 0.05) is 11.4 Å². The van der Waals surface area contributed by atoms with Crippen molar-refractivity contribution in [2.75, 3.05) is 25.5 Å². The SMILES string of the molecule is CCl.ClCC1OCCO1.Clc1ccccc1. The van der Waals surface area contributed by atoms with Crippen LogP contribution in [0.3, 0.4) is 0 Å².